The van der Waals surface area contributed by atoms with Gasteiger partial charge in [-0.1, -0.05) is 13.8 Å². The lowest BCUT2D eigenvalue weighted by Crippen LogP contribution is -2.59. The summed E-state index contributed by atoms with van der Waals surface area (Å²) >= 11 is 0. The number of aliphatic carboxylic acids is 1. The van der Waals surface area contributed by atoms with Gasteiger partial charge in [0.05, 0.1) is 0 Å². The van der Waals surface area contributed by atoms with Crippen LogP contribution in [-0.4, -0.2) is 40.6 Å². The first kappa shape index (κ1) is 14.2. The Balaban J connectivity index is 1.98. The van der Waals surface area contributed by atoms with Crippen molar-refractivity contribution in [1.29, 1.82) is 0 Å². The highest BCUT2D eigenvalue weighted by atomic mass is 16.4. The molecule has 108 valence electrons. The van der Waals surface area contributed by atoms with Crippen LogP contribution in [0.5, 0.6) is 0 Å². The third kappa shape index (κ3) is 2.85. The van der Waals surface area contributed by atoms with E-state index >= 15 is 0 Å². The molecule has 1 saturated carbocycles. The summed E-state index contributed by atoms with van der Waals surface area (Å²) < 4.78 is 0. The largest absolute Gasteiger partial charge is 0.480 e. The summed E-state index contributed by atoms with van der Waals surface area (Å²) in [6.07, 6.45) is 2.76. The number of amides is 2. The molecular formula is C14H24N2O3. The Morgan fingerprint density at radius 3 is 2.32 bits per heavy atom. The van der Waals surface area contributed by atoms with E-state index in [0.29, 0.717) is 18.4 Å². The fourth-order valence-corrected chi connectivity index (χ4v) is 2.74. The zero-order chi connectivity index (χ0) is 14.2. The average molecular weight is 268 g/mol. The van der Waals surface area contributed by atoms with Crippen LogP contribution in [0.1, 0.15) is 40.0 Å². The topological polar surface area (TPSA) is 69.6 Å². The van der Waals surface area contributed by atoms with E-state index in [-0.39, 0.29) is 11.9 Å². The minimum atomic E-state index is -1.11. The fraction of sp³-hybridized carbons (Fsp3) is 0.857. The number of carbonyl (C=O) groups excluding carboxylic acids is 1. The Kier molecular flexibility index (Phi) is 3.74. The molecule has 0 aromatic carbocycles. The lowest BCUT2D eigenvalue weighted by molar-refractivity contribution is -0.144. The number of urea groups is 1. The number of hydrogen-bond acceptors (Lipinski definition) is 2. The minimum absolute atomic E-state index is 0.0788. The highest BCUT2D eigenvalue weighted by Gasteiger charge is 2.49. The maximum absolute atomic E-state index is 12.3. The number of piperidine rings is 1. The molecule has 2 aliphatic rings. The Labute approximate surface area is 114 Å². The van der Waals surface area contributed by atoms with Gasteiger partial charge in [-0.05, 0) is 43.9 Å². The zero-order valence-corrected chi connectivity index (χ0v) is 12.0. The van der Waals surface area contributed by atoms with Crippen LogP contribution in [-0.2, 0) is 4.79 Å². The van der Waals surface area contributed by atoms with Crippen molar-refractivity contribution in [2.45, 2.75) is 45.6 Å². The molecule has 5 nitrogen and oxygen atoms in total. The smallest absolute Gasteiger partial charge is 0.329 e. The first-order chi connectivity index (χ1) is 8.84. The van der Waals surface area contributed by atoms with E-state index in [1.807, 2.05) is 0 Å². The Hall–Kier alpha value is -1.26. The highest BCUT2D eigenvalue weighted by Crippen LogP contribution is 2.40. The first-order valence-corrected chi connectivity index (χ1v) is 7.15. The summed E-state index contributed by atoms with van der Waals surface area (Å²) in [6, 6.07) is -0.226. The van der Waals surface area contributed by atoms with Gasteiger partial charge in [0.15, 0.2) is 0 Å². The van der Waals surface area contributed by atoms with Crippen molar-refractivity contribution in [3.8, 4) is 0 Å². The molecule has 1 aliphatic heterocycles. The van der Waals surface area contributed by atoms with Crippen LogP contribution in [0.15, 0.2) is 0 Å². The second kappa shape index (κ2) is 5.02. The van der Waals surface area contributed by atoms with Crippen LogP contribution in [0.3, 0.4) is 0 Å². The third-order valence-corrected chi connectivity index (χ3v) is 4.83. The normalized spacial score (nSPS) is 30.6. The lowest BCUT2D eigenvalue weighted by atomic mass is 9.89. The van der Waals surface area contributed by atoms with Crippen molar-refractivity contribution in [2.24, 2.45) is 17.8 Å². The molecule has 5 heteroatoms. The van der Waals surface area contributed by atoms with Crippen molar-refractivity contribution in [1.82, 2.24) is 10.2 Å². The van der Waals surface area contributed by atoms with Gasteiger partial charge in [0.2, 0.25) is 0 Å². The summed E-state index contributed by atoms with van der Waals surface area (Å²) in [5.41, 5.74) is -1.11. The standard InChI is InChI=1S/C14H24N2O3/c1-9-6-7-16(8-10(9)2)13(19)15-14(3,12(17)18)11-4-5-11/h9-11H,4-8H2,1-3H3,(H,15,19)(H,17,18). The van der Waals surface area contributed by atoms with E-state index in [1.54, 1.807) is 11.8 Å². The summed E-state index contributed by atoms with van der Waals surface area (Å²) in [7, 11) is 0. The molecule has 0 spiro atoms. The molecule has 19 heavy (non-hydrogen) atoms. The predicted octanol–water partition coefficient (Wildman–Crippen LogP) is 1.93. The molecule has 0 aromatic heterocycles. The number of hydrogen-bond donors (Lipinski definition) is 2. The molecular weight excluding hydrogens is 244 g/mol. The molecule has 2 N–H and O–H groups in total. The van der Waals surface area contributed by atoms with Crippen LogP contribution in [0.2, 0.25) is 0 Å². The second-order valence-electron chi connectivity index (χ2n) is 6.40. The van der Waals surface area contributed by atoms with Crippen LogP contribution < -0.4 is 5.32 Å². The minimum Gasteiger partial charge on any atom is -0.480 e. The van der Waals surface area contributed by atoms with Crippen molar-refractivity contribution in [2.75, 3.05) is 13.1 Å². The van der Waals surface area contributed by atoms with Gasteiger partial charge in [-0.25, -0.2) is 9.59 Å². The van der Waals surface area contributed by atoms with E-state index in [1.165, 1.54) is 0 Å². The zero-order valence-electron chi connectivity index (χ0n) is 12.0. The molecule has 2 amide bonds. The van der Waals surface area contributed by atoms with E-state index in [9.17, 15) is 14.7 Å². The average Bonchev–Trinajstić information content (AvgIpc) is 3.16. The summed E-state index contributed by atoms with van der Waals surface area (Å²) in [6.45, 7) is 7.40. The molecule has 0 radical (unpaired) electrons. The van der Waals surface area contributed by atoms with E-state index in [2.05, 4.69) is 19.2 Å². The number of carboxylic acids is 1. The molecule has 0 bridgehead atoms. The predicted molar refractivity (Wildman–Crippen MR) is 71.8 cm³/mol. The molecule has 1 aliphatic carbocycles. The van der Waals surface area contributed by atoms with Crippen LogP contribution in [0, 0.1) is 17.8 Å². The van der Waals surface area contributed by atoms with E-state index in [4.69, 9.17) is 0 Å². The van der Waals surface area contributed by atoms with Gasteiger partial charge in [0, 0.05) is 13.1 Å². The monoisotopic (exact) mass is 268 g/mol. The van der Waals surface area contributed by atoms with Crippen molar-refractivity contribution < 1.29 is 14.7 Å². The van der Waals surface area contributed by atoms with Crippen LogP contribution in [0.25, 0.3) is 0 Å². The van der Waals surface area contributed by atoms with Crippen LogP contribution in [0.4, 0.5) is 4.79 Å². The van der Waals surface area contributed by atoms with Crippen LogP contribution >= 0.6 is 0 Å². The quantitative estimate of drug-likeness (QED) is 0.821. The Bertz CT molecular complexity index is 381. The molecule has 2 rings (SSSR count). The first-order valence-electron chi connectivity index (χ1n) is 7.15. The van der Waals surface area contributed by atoms with Gasteiger partial charge in [0.1, 0.15) is 5.54 Å². The van der Waals surface area contributed by atoms with E-state index in [0.717, 1.165) is 25.8 Å². The number of likely N-dealkylation sites (tertiary alicyclic amines) is 1. The number of carboxylic acid groups (broad SMARTS) is 1. The van der Waals surface area contributed by atoms with Crippen molar-refractivity contribution in [3.05, 3.63) is 0 Å². The summed E-state index contributed by atoms with van der Waals surface area (Å²) in [5, 5.41) is 12.1. The molecule has 3 unspecified atom stereocenters. The maximum Gasteiger partial charge on any atom is 0.329 e. The van der Waals surface area contributed by atoms with Gasteiger partial charge >= 0.3 is 12.0 Å². The summed E-state index contributed by atoms with van der Waals surface area (Å²) in [5.74, 6) is 0.242. The lowest BCUT2D eigenvalue weighted by Gasteiger charge is -2.37. The van der Waals surface area contributed by atoms with Crippen molar-refractivity contribution >= 4 is 12.0 Å². The Morgan fingerprint density at radius 1 is 1.21 bits per heavy atom. The number of nitrogens with one attached hydrogen (secondary N) is 1. The molecule has 1 saturated heterocycles. The van der Waals surface area contributed by atoms with Crippen molar-refractivity contribution in [3.63, 3.8) is 0 Å². The van der Waals surface area contributed by atoms with Gasteiger partial charge in [-0.3, -0.25) is 0 Å². The third-order valence-electron chi connectivity index (χ3n) is 4.83. The van der Waals surface area contributed by atoms with Gasteiger partial charge in [0.25, 0.3) is 0 Å². The highest BCUT2D eigenvalue weighted by molar-refractivity contribution is 5.86. The molecule has 1 heterocycles. The fourth-order valence-electron chi connectivity index (χ4n) is 2.74. The van der Waals surface area contributed by atoms with Gasteiger partial charge in [-0.15, -0.1) is 0 Å². The maximum atomic E-state index is 12.3. The molecule has 2 fully saturated rings. The number of nitrogens with zero attached hydrogens (tertiary/aromatic N) is 1. The molecule has 3 atom stereocenters. The number of rotatable bonds is 3. The Morgan fingerprint density at radius 2 is 1.84 bits per heavy atom. The number of carbonyl (C=O) groups is 2. The summed E-state index contributed by atoms with van der Waals surface area (Å²) in [4.78, 5) is 25.4. The molecule has 0 aromatic rings. The second-order valence-corrected chi connectivity index (χ2v) is 6.40. The van der Waals surface area contributed by atoms with E-state index < -0.39 is 11.5 Å². The SMILES string of the molecule is CC1CCN(C(=O)NC(C)(C(=O)O)C2CC2)CC1C. The van der Waals surface area contributed by atoms with Gasteiger partial charge < -0.3 is 15.3 Å². The van der Waals surface area contributed by atoms with Gasteiger partial charge in [-0.2, -0.15) is 0 Å².